The van der Waals surface area contributed by atoms with Gasteiger partial charge >= 0.3 is 0 Å². The summed E-state index contributed by atoms with van der Waals surface area (Å²) < 4.78 is 33.3. The highest BCUT2D eigenvalue weighted by Gasteiger charge is 2.23. The van der Waals surface area contributed by atoms with E-state index in [2.05, 4.69) is 0 Å². The summed E-state index contributed by atoms with van der Waals surface area (Å²) in [5, 5.41) is 0. The van der Waals surface area contributed by atoms with Crippen LogP contribution in [0.25, 0.3) is 11.1 Å². The van der Waals surface area contributed by atoms with Gasteiger partial charge in [-0.15, -0.1) is 0 Å². The summed E-state index contributed by atoms with van der Waals surface area (Å²) in [5.74, 6) is -0.481. The zero-order valence-electron chi connectivity index (χ0n) is 8.64. The monoisotopic (exact) mass is 344 g/mol. The smallest absolute Gasteiger partial charge is 0.165 e. The fraction of sp³-hybridized carbons (Fsp3) is 0.0769. The molecule has 0 bridgehead atoms. The summed E-state index contributed by atoms with van der Waals surface area (Å²) >= 11 is 1.93. The Morgan fingerprint density at radius 2 is 1.88 bits per heavy atom. The lowest BCUT2D eigenvalue weighted by molar-refractivity contribution is 0.280. The molecule has 0 aliphatic carbocycles. The molecule has 0 radical (unpaired) electrons. The Hall–Kier alpha value is -1.17. The minimum Gasteiger partial charge on any atom is -0.485 e. The molecule has 2 aromatic carbocycles. The van der Waals surface area contributed by atoms with E-state index >= 15 is 0 Å². The van der Waals surface area contributed by atoms with E-state index in [4.69, 9.17) is 4.74 Å². The minimum atomic E-state index is -0.410. The molecule has 0 aromatic heterocycles. The maximum absolute atomic E-state index is 13.9. The Kier molecular flexibility index (Phi) is 2.54. The van der Waals surface area contributed by atoms with Gasteiger partial charge in [-0.1, -0.05) is 18.2 Å². The second-order valence-electron chi connectivity index (χ2n) is 3.79. The maximum atomic E-state index is 13.9. The average Bonchev–Trinajstić information content (AvgIpc) is 2.34. The number of para-hydroxylation sites is 1. The molecular formula is C13H7F2IO. The summed E-state index contributed by atoms with van der Waals surface area (Å²) in [6, 6.07) is 8.17. The summed E-state index contributed by atoms with van der Waals surface area (Å²) in [6.45, 7) is 0.0753. The van der Waals surface area contributed by atoms with Gasteiger partial charge < -0.3 is 4.74 Å². The van der Waals surface area contributed by atoms with Crippen molar-refractivity contribution >= 4 is 22.6 Å². The average molecular weight is 344 g/mol. The number of ether oxygens (including phenoxy) is 1. The number of benzene rings is 2. The van der Waals surface area contributed by atoms with Gasteiger partial charge in [0.25, 0.3) is 0 Å². The van der Waals surface area contributed by atoms with Crippen molar-refractivity contribution in [1.82, 2.24) is 0 Å². The van der Waals surface area contributed by atoms with Gasteiger partial charge in [0.2, 0.25) is 0 Å². The molecule has 3 rings (SSSR count). The highest BCUT2D eigenvalue weighted by Crippen LogP contribution is 2.40. The number of hydrogen-bond donors (Lipinski definition) is 0. The van der Waals surface area contributed by atoms with Gasteiger partial charge in [0, 0.05) is 14.7 Å². The third kappa shape index (κ3) is 1.62. The van der Waals surface area contributed by atoms with Gasteiger partial charge in [0.15, 0.2) is 11.6 Å². The summed E-state index contributed by atoms with van der Waals surface area (Å²) in [4.78, 5) is 0. The second-order valence-corrected chi connectivity index (χ2v) is 4.95. The Morgan fingerprint density at radius 3 is 2.71 bits per heavy atom. The van der Waals surface area contributed by atoms with Crippen LogP contribution >= 0.6 is 22.6 Å². The van der Waals surface area contributed by atoms with Crippen LogP contribution in [0.2, 0.25) is 0 Å². The van der Waals surface area contributed by atoms with Crippen molar-refractivity contribution in [3.05, 3.63) is 51.1 Å². The molecule has 0 N–H and O–H groups in total. The molecular weight excluding hydrogens is 337 g/mol. The fourth-order valence-electron chi connectivity index (χ4n) is 2.00. The highest BCUT2D eigenvalue weighted by molar-refractivity contribution is 14.1. The Balaban J connectivity index is 2.31. The van der Waals surface area contributed by atoms with Gasteiger partial charge in [0.1, 0.15) is 12.4 Å². The molecule has 1 nitrogen and oxygen atoms in total. The number of hydrogen-bond acceptors (Lipinski definition) is 1. The Morgan fingerprint density at radius 1 is 1.06 bits per heavy atom. The van der Waals surface area contributed by atoms with Crippen LogP contribution in [0.15, 0.2) is 30.3 Å². The van der Waals surface area contributed by atoms with E-state index < -0.39 is 5.82 Å². The van der Waals surface area contributed by atoms with Crippen LogP contribution in [0.5, 0.6) is 5.75 Å². The van der Waals surface area contributed by atoms with Crippen LogP contribution in [0.4, 0.5) is 8.78 Å². The van der Waals surface area contributed by atoms with Crippen LogP contribution in [0, 0.1) is 15.2 Å². The molecule has 1 aliphatic rings. The first-order valence-corrected chi connectivity index (χ1v) is 6.15. The van der Waals surface area contributed by atoms with E-state index in [9.17, 15) is 8.78 Å². The third-order valence-electron chi connectivity index (χ3n) is 2.81. The van der Waals surface area contributed by atoms with E-state index in [0.29, 0.717) is 20.3 Å². The van der Waals surface area contributed by atoms with Crippen LogP contribution in [0.1, 0.15) is 5.56 Å². The first-order valence-electron chi connectivity index (χ1n) is 5.07. The number of halogens is 3. The molecule has 86 valence electrons. The van der Waals surface area contributed by atoms with E-state index in [-0.39, 0.29) is 18.2 Å². The zero-order chi connectivity index (χ0) is 12.0. The fourth-order valence-corrected chi connectivity index (χ4v) is 2.50. The molecule has 0 fully saturated rings. The summed E-state index contributed by atoms with van der Waals surface area (Å²) in [7, 11) is 0. The predicted molar refractivity (Wildman–Crippen MR) is 68.8 cm³/mol. The van der Waals surface area contributed by atoms with Gasteiger partial charge in [-0.2, -0.15) is 0 Å². The van der Waals surface area contributed by atoms with Gasteiger partial charge in [-0.3, -0.25) is 0 Å². The quantitative estimate of drug-likeness (QED) is 0.653. The van der Waals surface area contributed by atoms with Crippen molar-refractivity contribution in [2.75, 3.05) is 0 Å². The van der Waals surface area contributed by atoms with Gasteiger partial charge in [0.05, 0.1) is 0 Å². The second kappa shape index (κ2) is 3.94. The lowest BCUT2D eigenvalue weighted by Crippen LogP contribution is -2.10. The van der Waals surface area contributed by atoms with Crippen molar-refractivity contribution in [3.63, 3.8) is 0 Å². The highest BCUT2D eigenvalue weighted by atomic mass is 127. The van der Waals surface area contributed by atoms with E-state index in [1.54, 1.807) is 24.3 Å². The zero-order valence-corrected chi connectivity index (χ0v) is 10.8. The van der Waals surface area contributed by atoms with Crippen molar-refractivity contribution in [2.45, 2.75) is 6.61 Å². The van der Waals surface area contributed by atoms with Crippen LogP contribution in [0.3, 0.4) is 0 Å². The summed E-state index contributed by atoms with van der Waals surface area (Å²) in [6.07, 6.45) is 0. The molecule has 0 amide bonds. The molecule has 4 heteroatoms. The first kappa shape index (κ1) is 11.0. The van der Waals surface area contributed by atoms with Crippen LogP contribution in [-0.2, 0) is 6.61 Å². The molecule has 0 unspecified atom stereocenters. The molecule has 0 spiro atoms. The normalized spacial score (nSPS) is 12.6. The number of fused-ring (bicyclic) bond motifs is 3. The molecule has 2 aromatic rings. The molecule has 0 atom stereocenters. The standard InChI is InChI=1S/C13H7F2IO/c14-10-3-1-2-8-7-4-5-11(16)12(15)9(7)6-17-13(8)10/h1-5H,6H2. The van der Waals surface area contributed by atoms with Gasteiger partial charge in [-0.05, 0) is 40.3 Å². The van der Waals surface area contributed by atoms with Gasteiger partial charge in [-0.25, -0.2) is 8.78 Å². The van der Waals surface area contributed by atoms with E-state index in [1.807, 2.05) is 22.6 Å². The summed E-state index contributed by atoms with van der Waals surface area (Å²) in [5.41, 5.74) is 1.82. The topological polar surface area (TPSA) is 9.23 Å². The molecule has 0 saturated carbocycles. The lowest BCUT2D eigenvalue weighted by Gasteiger charge is -2.21. The molecule has 1 heterocycles. The SMILES string of the molecule is Fc1cccc2c1OCc1c-2ccc(I)c1F. The maximum Gasteiger partial charge on any atom is 0.165 e. The number of rotatable bonds is 0. The molecule has 17 heavy (non-hydrogen) atoms. The Labute approximate surface area is 111 Å². The van der Waals surface area contributed by atoms with Crippen molar-refractivity contribution < 1.29 is 13.5 Å². The van der Waals surface area contributed by atoms with E-state index in [0.717, 1.165) is 0 Å². The van der Waals surface area contributed by atoms with Crippen molar-refractivity contribution in [3.8, 4) is 16.9 Å². The van der Waals surface area contributed by atoms with E-state index in [1.165, 1.54) is 6.07 Å². The first-order chi connectivity index (χ1) is 8.18. The predicted octanol–water partition coefficient (Wildman–Crippen LogP) is 4.13. The minimum absolute atomic E-state index is 0.0753. The molecule has 1 aliphatic heterocycles. The lowest BCUT2D eigenvalue weighted by atomic mass is 9.96. The van der Waals surface area contributed by atoms with Crippen LogP contribution in [-0.4, -0.2) is 0 Å². The van der Waals surface area contributed by atoms with Crippen molar-refractivity contribution in [1.29, 1.82) is 0 Å². The van der Waals surface area contributed by atoms with Crippen molar-refractivity contribution in [2.24, 2.45) is 0 Å². The molecule has 0 saturated heterocycles. The Bertz CT molecular complexity index is 611. The largest absolute Gasteiger partial charge is 0.485 e. The third-order valence-corrected chi connectivity index (χ3v) is 3.65. The van der Waals surface area contributed by atoms with Crippen LogP contribution < -0.4 is 4.74 Å².